The van der Waals surface area contributed by atoms with Gasteiger partial charge < -0.3 is 0 Å². The number of thiophene rings is 1. The van der Waals surface area contributed by atoms with Crippen molar-refractivity contribution < 1.29 is 27.2 Å². The van der Waals surface area contributed by atoms with Crippen LogP contribution in [0.15, 0.2) is 0 Å². The minimum atomic E-state index is -3.99. The second-order valence-corrected chi connectivity index (χ2v) is 52.2. The third-order valence-electron chi connectivity index (χ3n) is 13.5. The molecule has 0 unspecified atom stereocenters. The Morgan fingerprint density at radius 3 is 0.714 bits per heavy atom. The van der Waals surface area contributed by atoms with Gasteiger partial charge in [-0.15, -0.1) is 0 Å². The van der Waals surface area contributed by atoms with Crippen LogP contribution in [-0.2, 0) is 27.2 Å². The second-order valence-electron chi connectivity index (χ2n) is 19.2. The van der Waals surface area contributed by atoms with Gasteiger partial charge in [0, 0.05) is 0 Å². The van der Waals surface area contributed by atoms with Gasteiger partial charge in [0.15, 0.2) is 0 Å². The quantitative estimate of drug-likeness (QED) is 0.0368. The van der Waals surface area contributed by atoms with Crippen molar-refractivity contribution in [2.75, 3.05) is 26.4 Å². The van der Waals surface area contributed by atoms with Crippen molar-refractivity contribution in [3.05, 3.63) is 0 Å². The molecule has 0 radical (unpaired) electrons. The Morgan fingerprint density at radius 2 is 0.524 bits per heavy atom. The van der Waals surface area contributed by atoms with E-state index in [1.165, 1.54) is 70.9 Å². The van der Waals surface area contributed by atoms with Crippen molar-refractivity contribution in [2.24, 2.45) is 0 Å². The van der Waals surface area contributed by atoms with Gasteiger partial charge in [0.25, 0.3) is 0 Å². The maximum atomic E-state index is 16.8. The van der Waals surface area contributed by atoms with Crippen LogP contribution < -0.4 is 16.4 Å². The van der Waals surface area contributed by atoms with E-state index in [2.05, 4.69) is 80.6 Å². The fourth-order valence-electron chi connectivity index (χ4n) is 9.35. The predicted molar refractivity (Wildman–Crippen MR) is 288 cm³/mol. The van der Waals surface area contributed by atoms with Crippen LogP contribution in [0.3, 0.4) is 0 Å². The van der Waals surface area contributed by atoms with E-state index in [1.807, 2.05) is 0 Å². The van der Waals surface area contributed by atoms with Crippen LogP contribution in [0.4, 0.5) is 0 Å². The molecule has 1 heterocycles. The number of hydrogen-bond donors (Lipinski definition) is 0. The summed E-state index contributed by atoms with van der Waals surface area (Å²) in [4.78, 5) is 0. The molecule has 63 heavy (non-hydrogen) atoms. The summed E-state index contributed by atoms with van der Waals surface area (Å²) >= 11 is -4.91. The first-order valence-corrected chi connectivity index (χ1v) is 46.4. The Morgan fingerprint density at radius 1 is 0.317 bits per heavy atom. The van der Waals surface area contributed by atoms with E-state index in [0.29, 0.717) is 26.4 Å². The summed E-state index contributed by atoms with van der Waals surface area (Å²) < 4.78 is 72.0. The molecule has 0 aliphatic carbocycles. The molecule has 0 amide bonds. The average molecular weight is 1160 g/mol. The first-order chi connectivity index (χ1) is 30.6. The van der Waals surface area contributed by atoms with Gasteiger partial charge in [0.05, 0.1) is 0 Å². The molecule has 0 saturated heterocycles. The molecule has 1 aromatic rings. The molecular weight excluding hydrogens is 1050 g/mol. The molecule has 1 aromatic heterocycles. The van der Waals surface area contributed by atoms with Crippen molar-refractivity contribution in [1.29, 1.82) is 0 Å². The van der Waals surface area contributed by atoms with E-state index in [1.54, 1.807) is 0 Å². The third-order valence-corrected chi connectivity index (χ3v) is 57.0. The zero-order valence-corrected chi connectivity index (χ0v) is 51.9. The fraction of sp³-hybridized carbons (Fsp3) is 0.923. The first kappa shape index (κ1) is 62.6. The van der Waals surface area contributed by atoms with Gasteiger partial charge in [-0.1, -0.05) is 0 Å². The van der Waals surface area contributed by atoms with E-state index in [-0.39, 0.29) is 0 Å². The van der Waals surface area contributed by atoms with Crippen LogP contribution in [0.2, 0.25) is 26.6 Å². The van der Waals surface area contributed by atoms with Gasteiger partial charge in [0.1, 0.15) is 0 Å². The summed E-state index contributed by atoms with van der Waals surface area (Å²) in [5.74, 6) is 0. The Balaban J connectivity index is 4.88. The summed E-state index contributed by atoms with van der Waals surface area (Å²) in [6.45, 7) is 24.6. The van der Waals surface area contributed by atoms with Crippen LogP contribution in [0.25, 0.3) is 0 Å². The van der Waals surface area contributed by atoms with Crippen molar-refractivity contribution in [1.82, 2.24) is 0 Å². The normalized spacial score (nSPS) is 12.9. The zero-order valence-electron chi connectivity index (χ0n) is 43.6. The molecule has 0 bridgehead atoms. The standard InChI is InChI=1S/C28H52O6P2S.6C4H9.2Sn/c1-5-9-13-17-21-31-35(29,32-22-18-14-10-6-2)27-25-37-26-28(27)36(30,33-23-19-15-11-7-3)34-24-20-16-12-8-4;6*1-3-4-2;;/h5-24H2,1-4H3;6*1,3-4H2,2H3;;. The molecule has 0 spiro atoms. The van der Waals surface area contributed by atoms with Crippen LogP contribution in [-0.4, -0.2) is 63.2 Å². The monoisotopic (exact) mass is 1160 g/mol. The molecule has 0 atom stereocenters. The Labute approximate surface area is 405 Å². The van der Waals surface area contributed by atoms with Crippen LogP contribution in [0.1, 0.15) is 249 Å². The Hall–Kier alpha value is 1.60. The van der Waals surface area contributed by atoms with Crippen molar-refractivity contribution in [2.45, 2.75) is 276 Å². The molecular formula is C52H106O6P2SSn2. The first-order valence-electron chi connectivity index (χ1n) is 27.5. The third kappa shape index (κ3) is 22.5. The zero-order chi connectivity index (χ0) is 46.7. The Kier molecular flexibility index (Phi) is 38.1. The van der Waals surface area contributed by atoms with Gasteiger partial charge in [0.2, 0.25) is 0 Å². The summed E-state index contributed by atoms with van der Waals surface area (Å²) in [6, 6.07) is 0. The van der Waals surface area contributed by atoms with Crippen molar-refractivity contribution >= 4 is 79.7 Å². The molecule has 0 N–H and O–H groups in total. The van der Waals surface area contributed by atoms with Crippen LogP contribution in [0.5, 0.6) is 0 Å². The van der Waals surface area contributed by atoms with Gasteiger partial charge in [-0.3, -0.25) is 0 Å². The molecule has 0 fully saturated rings. The van der Waals surface area contributed by atoms with Gasteiger partial charge >= 0.3 is 409 Å². The fourth-order valence-corrected chi connectivity index (χ4v) is 63.2. The summed E-state index contributed by atoms with van der Waals surface area (Å²) in [6.07, 6.45) is 30.7. The molecule has 0 aliphatic rings. The molecule has 0 saturated carbocycles. The van der Waals surface area contributed by atoms with Gasteiger partial charge in [-0.25, -0.2) is 0 Å². The van der Waals surface area contributed by atoms with Crippen molar-refractivity contribution in [3.63, 3.8) is 0 Å². The topological polar surface area (TPSA) is 71.1 Å². The molecule has 0 aliphatic heterocycles. The minimum absolute atomic E-state index is 0.397. The van der Waals surface area contributed by atoms with E-state index < -0.39 is 51.9 Å². The van der Waals surface area contributed by atoms with Gasteiger partial charge in [-0.2, -0.15) is 0 Å². The maximum absolute atomic E-state index is 16.8. The number of unbranched alkanes of at least 4 members (excludes halogenated alkanes) is 18. The molecule has 11 heteroatoms. The number of hydrogen-bond acceptors (Lipinski definition) is 7. The van der Waals surface area contributed by atoms with E-state index in [9.17, 15) is 0 Å². The van der Waals surface area contributed by atoms with E-state index in [4.69, 9.17) is 18.1 Å². The molecule has 6 nitrogen and oxygen atoms in total. The molecule has 374 valence electrons. The summed E-state index contributed by atoms with van der Waals surface area (Å²) in [7, 11) is -7.99. The predicted octanol–water partition coefficient (Wildman–Crippen LogP) is 17.9. The summed E-state index contributed by atoms with van der Waals surface area (Å²) in [5.41, 5.74) is 0. The molecule has 1 rings (SSSR count). The SMILES string of the molecule is CCCCCCOP(=O)(OCCCCCC)c1[c]([Sn]([CH2]CCC)([CH2]CCC)[CH2]CCC)s[c]([Sn]([CH2]CCC)([CH2]CCC)[CH2]CCC)c1P(=O)(OCCCCCC)OCCCCCC. The second kappa shape index (κ2) is 38.4. The Bertz CT molecular complexity index is 1170. The van der Waals surface area contributed by atoms with E-state index in [0.717, 1.165) is 152 Å². The average Bonchev–Trinajstić information content (AvgIpc) is 3.72. The van der Waals surface area contributed by atoms with Crippen molar-refractivity contribution in [3.8, 4) is 0 Å². The molecule has 0 aromatic carbocycles. The van der Waals surface area contributed by atoms with Crippen LogP contribution in [0, 0.1) is 0 Å². The van der Waals surface area contributed by atoms with Gasteiger partial charge in [-0.05, 0) is 0 Å². The number of rotatable bonds is 46. The van der Waals surface area contributed by atoms with Crippen LogP contribution >= 0.6 is 26.5 Å². The van der Waals surface area contributed by atoms with E-state index >= 15 is 9.13 Å². The summed E-state index contributed by atoms with van der Waals surface area (Å²) in [5, 5.41) is 1.53.